The first-order valence-corrected chi connectivity index (χ1v) is 9.49. The molecular weight excluding hydrogens is 360 g/mol. The molecule has 2 aromatic carbocycles. The van der Waals surface area contributed by atoms with Gasteiger partial charge in [-0.05, 0) is 12.5 Å². The van der Waals surface area contributed by atoms with Crippen LogP contribution in [0.2, 0.25) is 0 Å². The van der Waals surface area contributed by atoms with E-state index in [1.807, 2.05) is 30.3 Å². The Labute approximate surface area is 154 Å². The van der Waals surface area contributed by atoms with Gasteiger partial charge in [-0.25, -0.2) is 0 Å². The fraction of sp³-hybridized carbons (Fsp3) is 0.167. The van der Waals surface area contributed by atoms with E-state index in [4.69, 9.17) is 17.3 Å². The average Bonchev–Trinajstić information content (AvgIpc) is 2.60. The van der Waals surface area contributed by atoms with Crippen LogP contribution in [0.4, 0.5) is 0 Å². The van der Waals surface area contributed by atoms with Crippen LogP contribution in [0.25, 0.3) is 0 Å². The first-order chi connectivity index (χ1) is 11.5. The van der Waals surface area contributed by atoms with Gasteiger partial charge in [-0.1, -0.05) is 78.6 Å². The zero-order valence-corrected chi connectivity index (χ0v) is 15.4. The van der Waals surface area contributed by atoms with Gasteiger partial charge in [-0.3, -0.25) is 9.59 Å². The van der Waals surface area contributed by atoms with E-state index in [0.717, 1.165) is 5.56 Å². The van der Waals surface area contributed by atoms with Crippen molar-refractivity contribution >= 4 is 51.0 Å². The highest BCUT2D eigenvalue weighted by Gasteiger charge is 2.14. The van der Waals surface area contributed by atoms with Crippen LogP contribution in [-0.4, -0.2) is 25.6 Å². The molecule has 0 saturated heterocycles. The lowest BCUT2D eigenvalue weighted by Gasteiger charge is -2.07. The summed E-state index contributed by atoms with van der Waals surface area (Å²) < 4.78 is 0.606. The van der Waals surface area contributed by atoms with E-state index < -0.39 is 11.2 Å². The molecule has 0 aliphatic rings. The number of thioether (sulfide) groups is 2. The van der Waals surface area contributed by atoms with Crippen molar-refractivity contribution in [2.24, 2.45) is 0 Å². The van der Waals surface area contributed by atoms with Gasteiger partial charge >= 0.3 is 5.97 Å². The van der Waals surface area contributed by atoms with Gasteiger partial charge in [0.25, 0.3) is 0 Å². The summed E-state index contributed by atoms with van der Waals surface area (Å²) in [5, 5.41) is 8.33. The Bertz CT molecular complexity index is 727. The van der Waals surface area contributed by atoms with E-state index in [-0.39, 0.29) is 5.78 Å². The topological polar surface area (TPSA) is 54.4 Å². The van der Waals surface area contributed by atoms with Crippen molar-refractivity contribution in [2.45, 2.75) is 17.9 Å². The molecule has 2 rings (SSSR count). The van der Waals surface area contributed by atoms with Crippen molar-refractivity contribution < 1.29 is 14.7 Å². The lowest BCUT2D eigenvalue weighted by molar-refractivity contribution is -0.136. The first-order valence-electron chi connectivity index (χ1n) is 7.22. The zero-order valence-electron chi connectivity index (χ0n) is 13.0. The normalized spacial score (nSPS) is 11.7. The molecule has 0 heterocycles. The number of carboxylic acids is 1. The fourth-order valence-corrected chi connectivity index (χ4v) is 4.24. The standard InChI is InChI=1S/C18H16O3S3/c1-12(17(20)21)24-18(22)23-11-13-7-9-15(10-8-13)16(19)14-5-3-2-4-6-14/h2-10,12H,11H2,1H3,(H,20,21). The van der Waals surface area contributed by atoms with Crippen molar-refractivity contribution in [3.8, 4) is 0 Å². The number of aliphatic carboxylic acids is 1. The second kappa shape index (κ2) is 9.01. The molecule has 0 spiro atoms. The largest absolute Gasteiger partial charge is 0.480 e. The average molecular weight is 377 g/mol. The molecule has 1 N–H and O–H groups in total. The third-order valence-electron chi connectivity index (χ3n) is 3.23. The van der Waals surface area contributed by atoms with Crippen LogP contribution >= 0.6 is 35.7 Å². The molecule has 124 valence electrons. The maximum atomic E-state index is 12.3. The SMILES string of the molecule is CC(SC(=S)SCc1ccc(C(=O)c2ccccc2)cc1)C(=O)O. The van der Waals surface area contributed by atoms with Gasteiger partial charge in [0.2, 0.25) is 0 Å². The molecule has 0 saturated carbocycles. The lowest BCUT2D eigenvalue weighted by atomic mass is 10.0. The van der Waals surface area contributed by atoms with E-state index in [2.05, 4.69) is 0 Å². The van der Waals surface area contributed by atoms with Crippen LogP contribution < -0.4 is 0 Å². The molecule has 2 aromatic rings. The van der Waals surface area contributed by atoms with E-state index in [1.165, 1.54) is 23.5 Å². The van der Waals surface area contributed by atoms with Crippen molar-refractivity contribution in [3.05, 3.63) is 71.3 Å². The van der Waals surface area contributed by atoms with Gasteiger partial charge in [0.05, 0.1) is 0 Å². The summed E-state index contributed by atoms with van der Waals surface area (Å²) in [6.07, 6.45) is 0. The van der Waals surface area contributed by atoms with E-state index in [9.17, 15) is 9.59 Å². The molecule has 0 amide bonds. The van der Waals surface area contributed by atoms with Gasteiger partial charge in [0, 0.05) is 16.9 Å². The van der Waals surface area contributed by atoms with Gasteiger partial charge < -0.3 is 5.11 Å². The summed E-state index contributed by atoms with van der Waals surface area (Å²) in [7, 11) is 0. The Kier molecular flexibility index (Phi) is 7.02. The van der Waals surface area contributed by atoms with Gasteiger partial charge in [0.15, 0.2) is 5.78 Å². The number of benzene rings is 2. The summed E-state index contributed by atoms with van der Waals surface area (Å²) >= 11 is 7.79. The van der Waals surface area contributed by atoms with E-state index in [1.54, 1.807) is 31.2 Å². The van der Waals surface area contributed by atoms with Crippen LogP contribution in [0, 0.1) is 0 Å². The molecule has 0 aromatic heterocycles. The van der Waals surface area contributed by atoms with Gasteiger partial charge in [-0.2, -0.15) is 0 Å². The number of hydrogen-bond acceptors (Lipinski definition) is 5. The molecule has 24 heavy (non-hydrogen) atoms. The van der Waals surface area contributed by atoms with Crippen LogP contribution in [0.3, 0.4) is 0 Å². The Morgan fingerprint density at radius 3 is 2.21 bits per heavy atom. The van der Waals surface area contributed by atoms with Crippen molar-refractivity contribution in [1.29, 1.82) is 0 Å². The highest BCUT2D eigenvalue weighted by atomic mass is 32.2. The zero-order chi connectivity index (χ0) is 17.5. The quantitative estimate of drug-likeness (QED) is 0.585. The molecule has 0 fully saturated rings. The number of carboxylic acid groups (broad SMARTS) is 1. The second-order valence-corrected chi connectivity index (χ2v) is 8.55. The minimum absolute atomic E-state index is 0.00355. The molecule has 6 heteroatoms. The highest BCUT2D eigenvalue weighted by Crippen LogP contribution is 2.25. The summed E-state index contributed by atoms with van der Waals surface area (Å²) in [5.41, 5.74) is 2.35. The minimum Gasteiger partial charge on any atom is -0.480 e. The number of carbonyl (C=O) groups excluding carboxylic acids is 1. The van der Waals surface area contributed by atoms with Gasteiger partial charge in [-0.15, -0.1) is 11.8 Å². The number of rotatable bonds is 6. The Morgan fingerprint density at radius 2 is 1.62 bits per heavy atom. The Hall–Kier alpha value is -1.63. The second-order valence-electron chi connectivity index (χ2n) is 5.03. The maximum absolute atomic E-state index is 12.3. The molecule has 3 nitrogen and oxygen atoms in total. The Balaban J connectivity index is 1.92. The molecule has 0 radical (unpaired) electrons. The number of carbonyl (C=O) groups is 2. The van der Waals surface area contributed by atoms with Crippen LogP contribution in [0.1, 0.15) is 28.4 Å². The predicted octanol–water partition coefficient (Wildman–Crippen LogP) is 4.64. The molecule has 0 bridgehead atoms. The predicted molar refractivity (Wildman–Crippen MR) is 105 cm³/mol. The number of hydrogen-bond donors (Lipinski definition) is 1. The van der Waals surface area contributed by atoms with E-state index >= 15 is 0 Å². The lowest BCUT2D eigenvalue weighted by Crippen LogP contribution is -2.12. The van der Waals surface area contributed by atoms with Crippen LogP contribution in [0.15, 0.2) is 54.6 Å². The molecule has 1 unspecified atom stereocenters. The van der Waals surface area contributed by atoms with E-state index in [0.29, 0.717) is 20.4 Å². The summed E-state index contributed by atoms with van der Waals surface area (Å²) in [6.45, 7) is 1.61. The molecule has 0 aliphatic heterocycles. The number of thiocarbonyl (C=S) groups is 1. The smallest absolute Gasteiger partial charge is 0.316 e. The number of ketones is 1. The first kappa shape index (κ1) is 18.7. The summed E-state index contributed by atoms with van der Waals surface area (Å²) in [4.78, 5) is 23.1. The third-order valence-corrected chi connectivity index (χ3v) is 5.98. The Morgan fingerprint density at radius 1 is 1.04 bits per heavy atom. The fourth-order valence-electron chi connectivity index (χ4n) is 1.88. The highest BCUT2D eigenvalue weighted by molar-refractivity contribution is 8.47. The monoisotopic (exact) mass is 376 g/mol. The van der Waals surface area contributed by atoms with Crippen LogP contribution in [-0.2, 0) is 10.5 Å². The third kappa shape index (κ3) is 5.47. The summed E-state index contributed by atoms with van der Waals surface area (Å²) in [6, 6.07) is 16.6. The molecule has 1 atom stereocenters. The van der Waals surface area contributed by atoms with Gasteiger partial charge in [0.1, 0.15) is 8.78 Å². The maximum Gasteiger partial charge on any atom is 0.316 e. The summed E-state index contributed by atoms with van der Waals surface area (Å²) in [5.74, 6) is -0.222. The van der Waals surface area contributed by atoms with Crippen molar-refractivity contribution in [3.63, 3.8) is 0 Å². The van der Waals surface area contributed by atoms with Crippen molar-refractivity contribution in [2.75, 3.05) is 0 Å². The van der Waals surface area contributed by atoms with Crippen LogP contribution in [0.5, 0.6) is 0 Å². The minimum atomic E-state index is -0.869. The molecule has 0 aliphatic carbocycles. The molecular formula is C18H16O3S3. The van der Waals surface area contributed by atoms with Crippen molar-refractivity contribution in [1.82, 2.24) is 0 Å².